The Balaban J connectivity index is 2.33. The number of anilines is 1. The first kappa shape index (κ1) is 13.3. The van der Waals surface area contributed by atoms with Crippen LogP contribution in [-0.2, 0) is 12.8 Å². The molecular formula is C18H23NO. The van der Waals surface area contributed by atoms with Crippen LogP contribution in [0.5, 0.6) is 5.75 Å². The molecule has 2 heteroatoms. The zero-order chi connectivity index (χ0) is 14.3. The molecule has 2 aromatic carbocycles. The zero-order valence-corrected chi connectivity index (χ0v) is 12.8. The van der Waals surface area contributed by atoms with E-state index in [-0.39, 0.29) is 5.54 Å². The summed E-state index contributed by atoms with van der Waals surface area (Å²) in [6.45, 7) is 6.57. The predicted octanol–water partition coefficient (Wildman–Crippen LogP) is 4.55. The number of methoxy groups -OCH3 is 1. The highest BCUT2D eigenvalue weighted by molar-refractivity contribution is 6.01. The molecule has 0 heterocycles. The SMILES string of the molecule is COc1c2c(c3ccccc3c1NC(C)(C)C)CCC2. The summed E-state index contributed by atoms with van der Waals surface area (Å²) in [4.78, 5) is 0. The maximum atomic E-state index is 5.78. The predicted molar refractivity (Wildman–Crippen MR) is 85.9 cm³/mol. The zero-order valence-electron chi connectivity index (χ0n) is 12.8. The highest BCUT2D eigenvalue weighted by atomic mass is 16.5. The third kappa shape index (κ3) is 2.13. The lowest BCUT2D eigenvalue weighted by atomic mass is 9.96. The first-order valence-electron chi connectivity index (χ1n) is 7.40. The molecule has 0 unspecified atom stereocenters. The summed E-state index contributed by atoms with van der Waals surface area (Å²) in [5.41, 5.74) is 4.05. The lowest BCUT2D eigenvalue weighted by Gasteiger charge is -2.26. The number of fused-ring (bicyclic) bond motifs is 3. The summed E-state index contributed by atoms with van der Waals surface area (Å²) in [6, 6.07) is 8.68. The number of ether oxygens (including phenoxy) is 1. The minimum atomic E-state index is 0.0168. The molecule has 1 aliphatic rings. The van der Waals surface area contributed by atoms with Crippen LogP contribution < -0.4 is 10.1 Å². The molecule has 1 aliphatic carbocycles. The average molecular weight is 269 g/mol. The Morgan fingerprint density at radius 3 is 2.30 bits per heavy atom. The van der Waals surface area contributed by atoms with Gasteiger partial charge < -0.3 is 10.1 Å². The van der Waals surface area contributed by atoms with Gasteiger partial charge in [-0.3, -0.25) is 0 Å². The quantitative estimate of drug-likeness (QED) is 0.863. The maximum Gasteiger partial charge on any atom is 0.146 e. The number of benzene rings is 2. The third-order valence-electron chi connectivity index (χ3n) is 3.94. The smallest absolute Gasteiger partial charge is 0.146 e. The maximum absolute atomic E-state index is 5.78. The summed E-state index contributed by atoms with van der Waals surface area (Å²) < 4.78 is 5.78. The van der Waals surface area contributed by atoms with Crippen LogP contribution in [0.2, 0.25) is 0 Å². The van der Waals surface area contributed by atoms with Crippen molar-refractivity contribution >= 4 is 16.5 Å². The summed E-state index contributed by atoms with van der Waals surface area (Å²) in [7, 11) is 1.79. The van der Waals surface area contributed by atoms with Gasteiger partial charge in [-0.1, -0.05) is 24.3 Å². The van der Waals surface area contributed by atoms with E-state index in [2.05, 4.69) is 50.4 Å². The Kier molecular flexibility index (Phi) is 3.12. The van der Waals surface area contributed by atoms with Crippen LogP contribution in [0.25, 0.3) is 10.8 Å². The number of hydrogen-bond donors (Lipinski definition) is 1. The van der Waals surface area contributed by atoms with Crippen molar-refractivity contribution in [3.8, 4) is 5.75 Å². The molecule has 3 rings (SSSR count). The molecule has 0 atom stereocenters. The highest BCUT2D eigenvalue weighted by Crippen LogP contribution is 2.44. The average Bonchev–Trinajstić information content (AvgIpc) is 2.87. The van der Waals surface area contributed by atoms with Crippen LogP contribution in [0.15, 0.2) is 24.3 Å². The fraction of sp³-hybridized carbons (Fsp3) is 0.444. The van der Waals surface area contributed by atoms with Gasteiger partial charge in [0.05, 0.1) is 12.8 Å². The van der Waals surface area contributed by atoms with E-state index in [1.54, 1.807) is 7.11 Å². The van der Waals surface area contributed by atoms with Crippen LogP contribution in [0.3, 0.4) is 0 Å². The number of rotatable bonds is 2. The van der Waals surface area contributed by atoms with Crippen LogP contribution in [-0.4, -0.2) is 12.6 Å². The summed E-state index contributed by atoms with van der Waals surface area (Å²) in [5, 5.41) is 6.31. The topological polar surface area (TPSA) is 21.3 Å². The Morgan fingerprint density at radius 1 is 1.00 bits per heavy atom. The van der Waals surface area contributed by atoms with Gasteiger partial charge >= 0.3 is 0 Å². The van der Waals surface area contributed by atoms with Gasteiger partial charge in [-0.15, -0.1) is 0 Å². The molecule has 1 N–H and O–H groups in total. The molecule has 0 fully saturated rings. The molecular weight excluding hydrogens is 246 g/mol. The molecule has 2 nitrogen and oxygen atoms in total. The molecule has 20 heavy (non-hydrogen) atoms. The van der Waals surface area contributed by atoms with E-state index >= 15 is 0 Å². The fourth-order valence-corrected chi connectivity index (χ4v) is 3.25. The standard InChI is InChI=1S/C18H23NO/c1-18(2,3)19-16-14-9-6-5-8-12(14)13-10-7-11-15(13)17(16)20-4/h5-6,8-9,19H,7,10-11H2,1-4H3. The molecule has 0 saturated heterocycles. The molecule has 0 amide bonds. The van der Waals surface area contributed by atoms with Gasteiger partial charge in [0.1, 0.15) is 5.75 Å². The minimum absolute atomic E-state index is 0.0168. The molecule has 0 saturated carbocycles. The monoisotopic (exact) mass is 269 g/mol. The van der Waals surface area contributed by atoms with Crippen molar-refractivity contribution in [2.45, 2.75) is 45.6 Å². The number of aryl methyl sites for hydroxylation is 1. The van der Waals surface area contributed by atoms with E-state index in [1.165, 1.54) is 34.7 Å². The van der Waals surface area contributed by atoms with Gasteiger partial charge in [0.15, 0.2) is 0 Å². The molecule has 0 bridgehead atoms. The van der Waals surface area contributed by atoms with Gasteiger partial charge in [-0.2, -0.15) is 0 Å². The lowest BCUT2D eigenvalue weighted by Crippen LogP contribution is -2.26. The number of hydrogen-bond acceptors (Lipinski definition) is 2. The molecule has 106 valence electrons. The van der Waals surface area contributed by atoms with Crippen molar-refractivity contribution in [3.63, 3.8) is 0 Å². The van der Waals surface area contributed by atoms with Gasteiger partial charge in [0.25, 0.3) is 0 Å². The highest BCUT2D eigenvalue weighted by Gasteiger charge is 2.25. The van der Waals surface area contributed by atoms with Gasteiger partial charge in [-0.05, 0) is 51.0 Å². The first-order chi connectivity index (χ1) is 9.51. The van der Waals surface area contributed by atoms with Gasteiger partial charge in [-0.25, -0.2) is 0 Å². The van der Waals surface area contributed by atoms with E-state index in [9.17, 15) is 0 Å². The van der Waals surface area contributed by atoms with E-state index in [1.807, 2.05) is 0 Å². The van der Waals surface area contributed by atoms with Crippen molar-refractivity contribution in [1.82, 2.24) is 0 Å². The van der Waals surface area contributed by atoms with Gasteiger partial charge in [0, 0.05) is 16.5 Å². The molecule has 0 radical (unpaired) electrons. The Labute approximate surface area is 121 Å². The molecule has 0 aromatic heterocycles. The summed E-state index contributed by atoms with van der Waals surface area (Å²) in [5.74, 6) is 1.05. The van der Waals surface area contributed by atoms with Crippen molar-refractivity contribution in [1.29, 1.82) is 0 Å². The van der Waals surface area contributed by atoms with Crippen molar-refractivity contribution in [2.75, 3.05) is 12.4 Å². The molecule has 0 spiro atoms. The van der Waals surface area contributed by atoms with Crippen LogP contribution in [0, 0.1) is 0 Å². The number of nitrogens with one attached hydrogen (secondary N) is 1. The molecule has 2 aromatic rings. The molecule has 0 aliphatic heterocycles. The summed E-state index contributed by atoms with van der Waals surface area (Å²) >= 11 is 0. The van der Waals surface area contributed by atoms with Crippen LogP contribution >= 0.6 is 0 Å². The lowest BCUT2D eigenvalue weighted by molar-refractivity contribution is 0.411. The van der Waals surface area contributed by atoms with Crippen molar-refractivity contribution in [3.05, 3.63) is 35.4 Å². The minimum Gasteiger partial charge on any atom is -0.494 e. The Morgan fingerprint density at radius 2 is 1.65 bits per heavy atom. The Bertz CT molecular complexity index is 652. The van der Waals surface area contributed by atoms with E-state index in [4.69, 9.17) is 4.74 Å². The normalized spacial score (nSPS) is 14.4. The largest absolute Gasteiger partial charge is 0.494 e. The Hall–Kier alpha value is -1.70. The first-order valence-corrected chi connectivity index (χ1v) is 7.40. The van der Waals surface area contributed by atoms with E-state index < -0.39 is 0 Å². The third-order valence-corrected chi connectivity index (χ3v) is 3.94. The second-order valence-electron chi connectivity index (χ2n) is 6.64. The van der Waals surface area contributed by atoms with Crippen LogP contribution in [0.1, 0.15) is 38.3 Å². The van der Waals surface area contributed by atoms with Crippen LogP contribution in [0.4, 0.5) is 5.69 Å². The van der Waals surface area contributed by atoms with Gasteiger partial charge in [0.2, 0.25) is 0 Å². The summed E-state index contributed by atoms with van der Waals surface area (Å²) in [6.07, 6.45) is 3.53. The second-order valence-corrected chi connectivity index (χ2v) is 6.64. The van der Waals surface area contributed by atoms with Crippen molar-refractivity contribution in [2.24, 2.45) is 0 Å². The fourth-order valence-electron chi connectivity index (χ4n) is 3.25. The second kappa shape index (κ2) is 4.69. The van der Waals surface area contributed by atoms with E-state index in [0.717, 1.165) is 17.9 Å². The van der Waals surface area contributed by atoms with Crippen molar-refractivity contribution < 1.29 is 4.74 Å². The van der Waals surface area contributed by atoms with E-state index in [0.29, 0.717) is 0 Å².